The van der Waals surface area contributed by atoms with Crippen LogP contribution >= 0.6 is 11.6 Å². The van der Waals surface area contributed by atoms with Gasteiger partial charge >= 0.3 is 0 Å². The molecule has 3 nitrogen and oxygen atoms in total. The van der Waals surface area contributed by atoms with Gasteiger partial charge in [0.2, 0.25) is 0 Å². The molecule has 102 valence electrons. The molecule has 2 rings (SSSR count). The summed E-state index contributed by atoms with van der Waals surface area (Å²) >= 11 is 5.77. The molecule has 0 N–H and O–H groups in total. The van der Waals surface area contributed by atoms with Gasteiger partial charge in [-0.1, -0.05) is 12.1 Å². The van der Waals surface area contributed by atoms with Gasteiger partial charge in [0.15, 0.2) is 23.1 Å². The fourth-order valence-electron chi connectivity index (χ4n) is 1.70. The third-order valence-electron chi connectivity index (χ3n) is 2.70. The lowest BCUT2D eigenvalue weighted by Crippen LogP contribution is -1.96. The maximum Gasteiger partial charge on any atom is 0.169 e. The lowest BCUT2D eigenvalue weighted by atomic mass is 10.2. The van der Waals surface area contributed by atoms with E-state index in [1.807, 2.05) is 6.07 Å². The topological polar surface area (TPSA) is 42.2 Å². The molecule has 0 aliphatic heterocycles. The fraction of sp³-hybridized carbons (Fsp3) is 0.133. The van der Waals surface area contributed by atoms with E-state index in [4.69, 9.17) is 26.3 Å². The van der Waals surface area contributed by atoms with Gasteiger partial charge in [0.05, 0.1) is 24.6 Å². The number of para-hydroxylation sites is 1. The Labute approximate surface area is 121 Å². The summed E-state index contributed by atoms with van der Waals surface area (Å²) in [5.41, 5.74) is 0.971. The minimum atomic E-state index is -0.505. The molecule has 0 heterocycles. The molecule has 0 aromatic heterocycles. The van der Waals surface area contributed by atoms with E-state index in [-0.39, 0.29) is 11.6 Å². The summed E-state index contributed by atoms with van der Waals surface area (Å²) in [4.78, 5) is 0. The van der Waals surface area contributed by atoms with Crippen LogP contribution in [0.2, 0.25) is 0 Å². The van der Waals surface area contributed by atoms with Gasteiger partial charge in [-0.2, -0.15) is 5.26 Å². The van der Waals surface area contributed by atoms with Crippen LogP contribution in [0.15, 0.2) is 36.4 Å². The molecule has 0 atom stereocenters. The van der Waals surface area contributed by atoms with Gasteiger partial charge in [-0.05, 0) is 18.2 Å². The van der Waals surface area contributed by atoms with E-state index >= 15 is 0 Å². The van der Waals surface area contributed by atoms with Crippen molar-refractivity contribution in [1.82, 2.24) is 0 Å². The number of methoxy groups -OCH3 is 1. The van der Waals surface area contributed by atoms with Gasteiger partial charge in [-0.15, -0.1) is 11.6 Å². The molecular weight excluding hydrogens is 281 g/mol. The lowest BCUT2D eigenvalue weighted by molar-refractivity contribution is 0.369. The van der Waals surface area contributed by atoms with Gasteiger partial charge in [0, 0.05) is 11.6 Å². The molecule has 0 bridgehead atoms. The van der Waals surface area contributed by atoms with Crippen LogP contribution in [0, 0.1) is 17.1 Å². The summed E-state index contributed by atoms with van der Waals surface area (Å²) in [5, 5.41) is 8.84. The third kappa shape index (κ3) is 2.84. The van der Waals surface area contributed by atoms with Crippen molar-refractivity contribution in [3.63, 3.8) is 0 Å². The largest absolute Gasteiger partial charge is 0.493 e. The van der Waals surface area contributed by atoms with Crippen LogP contribution in [0.25, 0.3) is 0 Å². The minimum Gasteiger partial charge on any atom is -0.493 e. The van der Waals surface area contributed by atoms with Crippen molar-refractivity contribution in [2.45, 2.75) is 5.88 Å². The van der Waals surface area contributed by atoms with Crippen LogP contribution in [0.3, 0.4) is 0 Å². The zero-order valence-electron chi connectivity index (χ0n) is 10.7. The maximum atomic E-state index is 13.8. The quantitative estimate of drug-likeness (QED) is 0.791. The zero-order valence-corrected chi connectivity index (χ0v) is 11.4. The van der Waals surface area contributed by atoms with Crippen LogP contribution in [-0.4, -0.2) is 7.11 Å². The Bertz CT molecular complexity index is 667. The number of benzene rings is 2. The number of hydrogen-bond donors (Lipinski definition) is 0. The SMILES string of the molecule is COc1cc(C#N)ccc1Oc1c(F)cccc1CCl. The van der Waals surface area contributed by atoms with Gasteiger partial charge in [-0.3, -0.25) is 0 Å². The molecule has 0 saturated carbocycles. The summed E-state index contributed by atoms with van der Waals surface area (Å²) in [5.74, 6) is 0.363. The zero-order chi connectivity index (χ0) is 14.5. The van der Waals surface area contributed by atoms with Crippen molar-refractivity contribution in [3.05, 3.63) is 53.3 Å². The molecule has 0 aliphatic rings. The van der Waals surface area contributed by atoms with Gasteiger partial charge in [-0.25, -0.2) is 4.39 Å². The first kappa shape index (κ1) is 14.2. The molecule has 0 radical (unpaired) electrons. The van der Waals surface area contributed by atoms with Crippen LogP contribution < -0.4 is 9.47 Å². The normalized spacial score (nSPS) is 9.90. The van der Waals surface area contributed by atoms with E-state index in [1.165, 1.54) is 19.2 Å². The first-order valence-electron chi connectivity index (χ1n) is 5.79. The van der Waals surface area contributed by atoms with Crippen LogP contribution in [0.4, 0.5) is 4.39 Å². The second-order valence-corrected chi connectivity index (χ2v) is 4.21. The highest BCUT2D eigenvalue weighted by atomic mass is 35.5. The Morgan fingerprint density at radius 2 is 2.05 bits per heavy atom. The number of nitrogens with zero attached hydrogens (tertiary/aromatic N) is 1. The van der Waals surface area contributed by atoms with Crippen molar-refractivity contribution in [2.24, 2.45) is 0 Å². The van der Waals surface area contributed by atoms with Crippen molar-refractivity contribution in [3.8, 4) is 23.3 Å². The van der Waals surface area contributed by atoms with Crippen molar-refractivity contribution >= 4 is 11.6 Å². The second-order valence-electron chi connectivity index (χ2n) is 3.94. The number of nitriles is 1. The molecule has 5 heteroatoms. The Kier molecular flexibility index (Phi) is 4.44. The summed E-state index contributed by atoms with van der Waals surface area (Å²) < 4.78 is 24.5. The summed E-state index contributed by atoms with van der Waals surface area (Å²) in [6.45, 7) is 0. The first-order valence-corrected chi connectivity index (χ1v) is 6.32. The van der Waals surface area contributed by atoms with E-state index in [0.717, 1.165) is 0 Å². The smallest absolute Gasteiger partial charge is 0.169 e. The van der Waals surface area contributed by atoms with Crippen LogP contribution in [-0.2, 0) is 5.88 Å². The monoisotopic (exact) mass is 291 g/mol. The predicted molar refractivity (Wildman–Crippen MR) is 73.7 cm³/mol. The summed E-state index contributed by atoms with van der Waals surface area (Å²) in [6, 6.07) is 11.2. The van der Waals surface area contributed by atoms with Crippen LogP contribution in [0.1, 0.15) is 11.1 Å². The highest BCUT2D eigenvalue weighted by molar-refractivity contribution is 6.17. The maximum absolute atomic E-state index is 13.8. The Morgan fingerprint density at radius 1 is 1.25 bits per heavy atom. The first-order chi connectivity index (χ1) is 9.69. The molecule has 2 aromatic rings. The van der Waals surface area contributed by atoms with E-state index in [0.29, 0.717) is 22.6 Å². The van der Waals surface area contributed by atoms with Crippen LogP contribution in [0.5, 0.6) is 17.2 Å². The highest BCUT2D eigenvalue weighted by Crippen LogP contribution is 2.35. The van der Waals surface area contributed by atoms with Crippen molar-refractivity contribution in [1.29, 1.82) is 5.26 Å². The number of alkyl halides is 1. The summed E-state index contributed by atoms with van der Waals surface area (Å²) in [7, 11) is 1.45. The third-order valence-corrected chi connectivity index (χ3v) is 2.99. The molecule has 0 spiro atoms. The molecule has 20 heavy (non-hydrogen) atoms. The average molecular weight is 292 g/mol. The second kappa shape index (κ2) is 6.27. The molecule has 0 fully saturated rings. The molecule has 2 aromatic carbocycles. The minimum absolute atomic E-state index is 0.0607. The number of rotatable bonds is 4. The van der Waals surface area contributed by atoms with E-state index < -0.39 is 5.82 Å². The predicted octanol–water partition coefficient (Wildman–Crippen LogP) is 4.24. The molecule has 0 amide bonds. The van der Waals surface area contributed by atoms with Crippen molar-refractivity contribution < 1.29 is 13.9 Å². The molecule has 0 unspecified atom stereocenters. The Morgan fingerprint density at radius 3 is 2.70 bits per heavy atom. The van der Waals surface area contributed by atoms with Gasteiger partial charge in [0.1, 0.15) is 0 Å². The number of ether oxygens (including phenoxy) is 2. The molecule has 0 saturated heterocycles. The Balaban J connectivity index is 2.43. The lowest BCUT2D eigenvalue weighted by Gasteiger charge is -2.13. The molecule has 0 aliphatic carbocycles. The van der Waals surface area contributed by atoms with E-state index in [1.54, 1.807) is 24.3 Å². The van der Waals surface area contributed by atoms with E-state index in [9.17, 15) is 4.39 Å². The van der Waals surface area contributed by atoms with Gasteiger partial charge in [0.25, 0.3) is 0 Å². The molecular formula is C15H11ClFNO2. The average Bonchev–Trinajstić information content (AvgIpc) is 2.49. The highest BCUT2D eigenvalue weighted by Gasteiger charge is 2.13. The standard InChI is InChI=1S/C15H11ClFNO2/c1-19-14-7-10(9-18)5-6-13(14)20-15-11(8-16)3-2-4-12(15)17/h2-7H,8H2,1H3. The van der Waals surface area contributed by atoms with E-state index in [2.05, 4.69) is 0 Å². The number of hydrogen-bond acceptors (Lipinski definition) is 3. The fourth-order valence-corrected chi connectivity index (χ4v) is 1.91. The Hall–Kier alpha value is -2.25. The van der Waals surface area contributed by atoms with Crippen molar-refractivity contribution in [2.75, 3.05) is 7.11 Å². The van der Waals surface area contributed by atoms with Gasteiger partial charge < -0.3 is 9.47 Å². The number of halogens is 2. The summed E-state index contributed by atoms with van der Waals surface area (Å²) in [6.07, 6.45) is 0.